The van der Waals surface area contributed by atoms with Crippen LogP contribution in [0.3, 0.4) is 0 Å². The fourth-order valence-electron chi connectivity index (χ4n) is 1.75. The van der Waals surface area contributed by atoms with Crippen LogP contribution in [0.5, 0.6) is 0 Å². The zero-order chi connectivity index (χ0) is 12.2. The lowest BCUT2D eigenvalue weighted by Gasteiger charge is -2.28. The highest BCUT2D eigenvalue weighted by molar-refractivity contribution is 5.33. The molecule has 90 valence electrons. The van der Waals surface area contributed by atoms with E-state index in [1.165, 1.54) is 6.07 Å². The molecule has 1 aromatic rings. The van der Waals surface area contributed by atoms with E-state index in [4.69, 9.17) is 0 Å². The Kier molecular flexibility index (Phi) is 4.24. The summed E-state index contributed by atoms with van der Waals surface area (Å²) in [5.74, 6) is 0.141. The topological polar surface area (TPSA) is 28.2 Å². The van der Waals surface area contributed by atoms with Crippen molar-refractivity contribution >= 4 is 5.82 Å². The Balaban J connectivity index is 2.50. The van der Waals surface area contributed by atoms with Crippen LogP contribution >= 0.6 is 0 Å². The van der Waals surface area contributed by atoms with Crippen molar-refractivity contribution in [3.63, 3.8) is 0 Å². The molecule has 0 saturated carbocycles. The van der Waals surface area contributed by atoms with E-state index in [0.29, 0.717) is 5.82 Å². The monoisotopic (exact) mass is 225 g/mol. The van der Waals surface area contributed by atoms with Gasteiger partial charge in [0.15, 0.2) is 0 Å². The van der Waals surface area contributed by atoms with Gasteiger partial charge < -0.3 is 10.2 Å². The van der Waals surface area contributed by atoms with E-state index >= 15 is 0 Å². The third-order valence-electron chi connectivity index (χ3n) is 2.21. The second kappa shape index (κ2) is 5.25. The average molecular weight is 225 g/mol. The molecule has 1 N–H and O–H groups in total. The summed E-state index contributed by atoms with van der Waals surface area (Å²) in [5, 5.41) is 3.15. The summed E-state index contributed by atoms with van der Waals surface area (Å²) < 4.78 is 12.8. The van der Waals surface area contributed by atoms with Gasteiger partial charge in [-0.15, -0.1) is 0 Å². The molecule has 0 aliphatic carbocycles. The lowest BCUT2D eigenvalue weighted by Crippen LogP contribution is -2.34. The Morgan fingerprint density at radius 3 is 2.62 bits per heavy atom. The molecule has 0 saturated heterocycles. The average Bonchev–Trinajstić information content (AvgIpc) is 2.13. The van der Waals surface area contributed by atoms with Crippen LogP contribution in [-0.2, 0) is 0 Å². The van der Waals surface area contributed by atoms with Gasteiger partial charge in [0.2, 0.25) is 5.95 Å². The van der Waals surface area contributed by atoms with Crippen molar-refractivity contribution in [2.75, 3.05) is 32.5 Å². The Bertz CT molecular complexity index is 337. The molecule has 0 fully saturated rings. The van der Waals surface area contributed by atoms with Crippen molar-refractivity contribution in [3.8, 4) is 0 Å². The lowest BCUT2D eigenvalue weighted by molar-refractivity contribution is 0.254. The number of anilines is 1. The van der Waals surface area contributed by atoms with E-state index in [0.717, 1.165) is 13.1 Å². The van der Waals surface area contributed by atoms with Gasteiger partial charge in [0.25, 0.3) is 0 Å². The number of nitrogens with one attached hydrogen (secondary N) is 1. The molecule has 0 spiro atoms. The van der Waals surface area contributed by atoms with Crippen LogP contribution in [0.25, 0.3) is 0 Å². The van der Waals surface area contributed by atoms with Crippen molar-refractivity contribution in [3.05, 3.63) is 24.1 Å². The summed E-state index contributed by atoms with van der Waals surface area (Å²) in [6.45, 7) is 6.07. The minimum Gasteiger partial charge on any atom is -0.369 e. The first-order valence-electron chi connectivity index (χ1n) is 5.40. The van der Waals surface area contributed by atoms with Crippen molar-refractivity contribution < 1.29 is 4.39 Å². The first-order valence-corrected chi connectivity index (χ1v) is 5.40. The molecule has 1 rings (SSSR count). The summed E-state index contributed by atoms with van der Waals surface area (Å²) in [4.78, 5) is 5.90. The number of pyridine rings is 1. The lowest BCUT2D eigenvalue weighted by atomic mass is 9.93. The molecule has 0 bridgehead atoms. The number of nitrogens with zero attached hydrogens (tertiary/aromatic N) is 2. The molecule has 0 atom stereocenters. The molecule has 4 heteroatoms. The highest BCUT2D eigenvalue weighted by Gasteiger charge is 2.18. The molecule has 0 radical (unpaired) electrons. The van der Waals surface area contributed by atoms with Crippen LogP contribution in [0.4, 0.5) is 10.2 Å². The van der Waals surface area contributed by atoms with Gasteiger partial charge in [-0.3, -0.25) is 0 Å². The molecule has 3 nitrogen and oxygen atoms in total. The third kappa shape index (κ3) is 4.57. The minimum absolute atomic E-state index is 0.123. The van der Waals surface area contributed by atoms with Gasteiger partial charge in [-0.2, -0.15) is 4.39 Å². The maximum atomic E-state index is 12.8. The van der Waals surface area contributed by atoms with Crippen LogP contribution < -0.4 is 5.32 Å². The fourth-order valence-corrected chi connectivity index (χ4v) is 1.75. The number of rotatable bonds is 5. The van der Waals surface area contributed by atoms with E-state index in [2.05, 4.69) is 29.0 Å². The number of halogens is 1. The molecule has 0 unspecified atom stereocenters. The molecular formula is C12H20FN3. The van der Waals surface area contributed by atoms with Crippen LogP contribution in [0, 0.1) is 11.4 Å². The number of hydrogen-bond donors (Lipinski definition) is 1. The SMILES string of the molecule is CN(C)CC(C)(C)CNc1cccc(F)n1. The molecule has 0 aromatic carbocycles. The van der Waals surface area contributed by atoms with E-state index in [1.807, 2.05) is 14.1 Å². The normalized spacial score (nSPS) is 11.9. The first-order chi connectivity index (χ1) is 7.39. The highest BCUT2D eigenvalue weighted by Crippen LogP contribution is 2.16. The smallest absolute Gasteiger partial charge is 0.214 e. The van der Waals surface area contributed by atoms with Crippen LogP contribution in [0.15, 0.2) is 18.2 Å². The fraction of sp³-hybridized carbons (Fsp3) is 0.583. The summed E-state index contributed by atoms with van der Waals surface area (Å²) >= 11 is 0. The molecule has 1 aromatic heterocycles. The summed E-state index contributed by atoms with van der Waals surface area (Å²) in [5.41, 5.74) is 0.123. The zero-order valence-corrected chi connectivity index (χ0v) is 10.4. The maximum Gasteiger partial charge on any atom is 0.214 e. The van der Waals surface area contributed by atoms with Crippen LogP contribution in [0.2, 0.25) is 0 Å². The van der Waals surface area contributed by atoms with Gasteiger partial charge in [0.1, 0.15) is 5.82 Å². The van der Waals surface area contributed by atoms with Crippen LogP contribution in [-0.4, -0.2) is 37.1 Å². The van der Waals surface area contributed by atoms with Gasteiger partial charge in [-0.1, -0.05) is 19.9 Å². The number of aromatic nitrogens is 1. The Labute approximate surface area is 96.7 Å². The zero-order valence-electron chi connectivity index (χ0n) is 10.4. The molecular weight excluding hydrogens is 205 g/mol. The van der Waals surface area contributed by atoms with E-state index < -0.39 is 5.95 Å². The van der Waals surface area contributed by atoms with E-state index in [-0.39, 0.29) is 5.41 Å². The van der Waals surface area contributed by atoms with E-state index in [9.17, 15) is 4.39 Å². The largest absolute Gasteiger partial charge is 0.369 e. The summed E-state index contributed by atoms with van der Waals surface area (Å²) in [6, 6.07) is 4.77. The van der Waals surface area contributed by atoms with Crippen molar-refractivity contribution in [2.24, 2.45) is 5.41 Å². The molecule has 1 heterocycles. The van der Waals surface area contributed by atoms with Gasteiger partial charge >= 0.3 is 0 Å². The quantitative estimate of drug-likeness (QED) is 0.779. The third-order valence-corrected chi connectivity index (χ3v) is 2.21. The van der Waals surface area contributed by atoms with Crippen LogP contribution in [0.1, 0.15) is 13.8 Å². The summed E-state index contributed by atoms with van der Waals surface area (Å²) in [6.07, 6.45) is 0. The van der Waals surface area contributed by atoms with Crippen molar-refractivity contribution in [1.82, 2.24) is 9.88 Å². The highest BCUT2D eigenvalue weighted by atomic mass is 19.1. The molecule has 16 heavy (non-hydrogen) atoms. The van der Waals surface area contributed by atoms with Gasteiger partial charge in [0.05, 0.1) is 0 Å². The standard InChI is InChI=1S/C12H20FN3/c1-12(2,9-16(3)4)8-14-11-7-5-6-10(13)15-11/h5-7H,8-9H2,1-4H3,(H,14,15). The predicted molar refractivity (Wildman–Crippen MR) is 65.0 cm³/mol. The molecule has 0 amide bonds. The molecule has 0 aliphatic heterocycles. The second-order valence-electron chi connectivity index (χ2n) is 5.10. The predicted octanol–water partition coefficient (Wildman–Crippen LogP) is 2.22. The Hall–Kier alpha value is -1.16. The maximum absolute atomic E-state index is 12.8. The van der Waals surface area contributed by atoms with Gasteiger partial charge in [-0.25, -0.2) is 4.98 Å². The van der Waals surface area contributed by atoms with Crippen molar-refractivity contribution in [1.29, 1.82) is 0 Å². The summed E-state index contributed by atoms with van der Waals surface area (Å²) in [7, 11) is 4.09. The Morgan fingerprint density at radius 1 is 1.38 bits per heavy atom. The molecule has 0 aliphatic rings. The minimum atomic E-state index is -0.449. The van der Waals surface area contributed by atoms with Crippen molar-refractivity contribution in [2.45, 2.75) is 13.8 Å². The first kappa shape index (κ1) is 12.9. The van der Waals surface area contributed by atoms with Gasteiger partial charge in [-0.05, 0) is 31.6 Å². The van der Waals surface area contributed by atoms with Gasteiger partial charge in [0, 0.05) is 13.1 Å². The van der Waals surface area contributed by atoms with E-state index in [1.54, 1.807) is 12.1 Å². The number of hydrogen-bond acceptors (Lipinski definition) is 3. The Morgan fingerprint density at radius 2 is 2.06 bits per heavy atom. The second-order valence-corrected chi connectivity index (χ2v) is 5.10.